The molecule has 0 aliphatic rings. The third-order valence-electron chi connectivity index (χ3n) is 2.89. The Kier molecular flexibility index (Phi) is 4.63. The Hall–Kier alpha value is -1.58. The highest BCUT2D eigenvalue weighted by molar-refractivity contribution is 6.31. The average molecular weight is 312 g/mol. The molecule has 2 aromatic carbocycles. The summed E-state index contributed by atoms with van der Waals surface area (Å²) in [6.07, 6.45) is 0. The quantitative estimate of drug-likeness (QED) is 0.880. The van der Waals surface area contributed by atoms with Crippen LogP contribution in [0, 0.1) is 5.82 Å². The summed E-state index contributed by atoms with van der Waals surface area (Å²) in [7, 11) is 0. The lowest BCUT2D eigenvalue weighted by Crippen LogP contribution is -2.27. The molecular weight excluding hydrogens is 300 g/mol. The van der Waals surface area contributed by atoms with Crippen LogP contribution in [0.1, 0.15) is 28.9 Å². The van der Waals surface area contributed by atoms with E-state index < -0.39 is 11.7 Å². The first kappa shape index (κ1) is 14.8. The van der Waals surface area contributed by atoms with Crippen molar-refractivity contribution in [2.45, 2.75) is 13.0 Å². The molecule has 2 aromatic rings. The van der Waals surface area contributed by atoms with Gasteiger partial charge in [-0.05, 0) is 42.8 Å². The Morgan fingerprint density at radius 2 is 1.70 bits per heavy atom. The number of hydrogen-bond acceptors (Lipinski definition) is 1. The third-order valence-corrected chi connectivity index (χ3v) is 3.38. The topological polar surface area (TPSA) is 29.1 Å². The van der Waals surface area contributed by atoms with E-state index in [0.29, 0.717) is 10.0 Å². The van der Waals surface area contributed by atoms with Crippen LogP contribution in [-0.2, 0) is 0 Å². The number of hydrogen-bond donors (Lipinski definition) is 1. The molecule has 2 rings (SSSR count). The van der Waals surface area contributed by atoms with E-state index in [0.717, 1.165) is 5.56 Å². The zero-order chi connectivity index (χ0) is 14.7. The highest BCUT2D eigenvalue weighted by atomic mass is 35.5. The maximum Gasteiger partial charge on any atom is 0.254 e. The molecule has 1 amide bonds. The van der Waals surface area contributed by atoms with Crippen LogP contribution in [0.15, 0.2) is 42.5 Å². The summed E-state index contributed by atoms with van der Waals surface area (Å²) in [6, 6.07) is 10.7. The van der Waals surface area contributed by atoms with Crippen LogP contribution in [0.4, 0.5) is 4.39 Å². The number of halogens is 3. The van der Waals surface area contributed by atoms with E-state index in [1.807, 2.05) is 19.1 Å². The summed E-state index contributed by atoms with van der Waals surface area (Å²) >= 11 is 11.6. The molecule has 2 nitrogen and oxygen atoms in total. The standard InChI is InChI=1S/C15H12Cl2FNO/c1-9(10-2-4-11(16)5-3-10)19-15(20)13-8-12(17)6-7-14(13)18/h2-9H,1H3,(H,19,20). The molecule has 0 radical (unpaired) electrons. The van der Waals surface area contributed by atoms with Crippen LogP contribution in [0.2, 0.25) is 10.0 Å². The van der Waals surface area contributed by atoms with Crippen molar-refractivity contribution in [1.29, 1.82) is 0 Å². The van der Waals surface area contributed by atoms with Crippen LogP contribution in [-0.4, -0.2) is 5.91 Å². The van der Waals surface area contributed by atoms with Gasteiger partial charge in [-0.25, -0.2) is 4.39 Å². The minimum atomic E-state index is -0.602. The van der Waals surface area contributed by atoms with Gasteiger partial charge in [-0.1, -0.05) is 35.3 Å². The van der Waals surface area contributed by atoms with Gasteiger partial charge in [-0.2, -0.15) is 0 Å². The maximum atomic E-state index is 13.6. The van der Waals surface area contributed by atoms with Crippen LogP contribution >= 0.6 is 23.2 Å². The van der Waals surface area contributed by atoms with Crippen molar-refractivity contribution in [1.82, 2.24) is 5.32 Å². The predicted octanol–water partition coefficient (Wildman–Crippen LogP) is 4.62. The van der Waals surface area contributed by atoms with E-state index in [1.165, 1.54) is 18.2 Å². The van der Waals surface area contributed by atoms with Gasteiger partial charge >= 0.3 is 0 Å². The molecule has 5 heteroatoms. The van der Waals surface area contributed by atoms with Crippen molar-refractivity contribution >= 4 is 29.1 Å². The van der Waals surface area contributed by atoms with Gasteiger partial charge in [0.15, 0.2) is 0 Å². The van der Waals surface area contributed by atoms with Gasteiger partial charge in [0.05, 0.1) is 11.6 Å². The van der Waals surface area contributed by atoms with Crippen LogP contribution < -0.4 is 5.32 Å². The second-order valence-corrected chi connectivity index (χ2v) is 5.24. The van der Waals surface area contributed by atoms with Crippen molar-refractivity contribution in [3.8, 4) is 0 Å². The smallest absolute Gasteiger partial charge is 0.254 e. The molecule has 20 heavy (non-hydrogen) atoms. The fourth-order valence-corrected chi connectivity index (χ4v) is 2.08. The fraction of sp³-hybridized carbons (Fsp3) is 0.133. The molecule has 0 spiro atoms. The predicted molar refractivity (Wildman–Crippen MR) is 78.7 cm³/mol. The number of nitrogens with one attached hydrogen (secondary N) is 1. The zero-order valence-electron chi connectivity index (χ0n) is 10.7. The molecule has 104 valence electrons. The first-order valence-corrected chi connectivity index (χ1v) is 6.74. The molecule has 1 unspecified atom stereocenters. The van der Waals surface area contributed by atoms with E-state index in [1.54, 1.807) is 12.1 Å². The molecule has 0 aromatic heterocycles. The van der Waals surface area contributed by atoms with Crippen LogP contribution in [0.5, 0.6) is 0 Å². The maximum absolute atomic E-state index is 13.6. The number of benzene rings is 2. The molecule has 0 saturated carbocycles. The first-order valence-electron chi connectivity index (χ1n) is 5.99. The zero-order valence-corrected chi connectivity index (χ0v) is 12.2. The lowest BCUT2D eigenvalue weighted by Gasteiger charge is -2.15. The van der Waals surface area contributed by atoms with Gasteiger partial charge in [0.1, 0.15) is 5.82 Å². The van der Waals surface area contributed by atoms with E-state index in [9.17, 15) is 9.18 Å². The Morgan fingerprint density at radius 1 is 1.10 bits per heavy atom. The van der Waals surface area contributed by atoms with Gasteiger partial charge in [0.25, 0.3) is 5.91 Å². The van der Waals surface area contributed by atoms with Crippen molar-refractivity contribution in [3.63, 3.8) is 0 Å². The molecule has 1 atom stereocenters. The van der Waals surface area contributed by atoms with Gasteiger partial charge < -0.3 is 5.32 Å². The van der Waals surface area contributed by atoms with Crippen LogP contribution in [0.25, 0.3) is 0 Å². The van der Waals surface area contributed by atoms with Gasteiger partial charge in [0, 0.05) is 10.0 Å². The lowest BCUT2D eigenvalue weighted by atomic mass is 10.1. The number of carbonyl (C=O) groups is 1. The molecule has 0 heterocycles. The average Bonchev–Trinajstić information content (AvgIpc) is 2.42. The second-order valence-electron chi connectivity index (χ2n) is 4.37. The first-order chi connectivity index (χ1) is 9.47. The summed E-state index contributed by atoms with van der Waals surface area (Å²) in [5, 5.41) is 3.65. The largest absolute Gasteiger partial charge is 0.345 e. The minimum Gasteiger partial charge on any atom is -0.345 e. The highest BCUT2D eigenvalue weighted by Gasteiger charge is 2.15. The van der Waals surface area contributed by atoms with Crippen molar-refractivity contribution in [2.75, 3.05) is 0 Å². The van der Waals surface area contributed by atoms with E-state index >= 15 is 0 Å². The summed E-state index contributed by atoms with van der Waals surface area (Å²) < 4.78 is 13.6. The van der Waals surface area contributed by atoms with Crippen molar-refractivity contribution < 1.29 is 9.18 Å². The molecule has 1 N–H and O–H groups in total. The Balaban J connectivity index is 2.15. The van der Waals surface area contributed by atoms with Crippen molar-refractivity contribution in [2.24, 2.45) is 0 Å². The summed E-state index contributed by atoms with van der Waals surface area (Å²) in [5.41, 5.74) is 0.809. The van der Waals surface area contributed by atoms with Gasteiger partial charge in [-0.3, -0.25) is 4.79 Å². The van der Waals surface area contributed by atoms with E-state index in [4.69, 9.17) is 23.2 Å². The van der Waals surface area contributed by atoms with E-state index in [2.05, 4.69) is 5.32 Å². The van der Waals surface area contributed by atoms with Gasteiger partial charge in [-0.15, -0.1) is 0 Å². The number of amides is 1. The van der Waals surface area contributed by atoms with Crippen LogP contribution in [0.3, 0.4) is 0 Å². The normalized spacial score (nSPS) is 12.0. The van der Waals surface area contributed by atoms with Gasteiger partial charge in [0.2, 0.25) is 0 Å². The fourth-order valence-electron chi connectivity index (χ4n) is 1.78. The SMILES string of the molecule is CC(NC(=O)c1cc(Cl)ccc1F)c1ccc(Cl)cc1. The van der Waals surface area contributed by atoms with Crippen molar-refractivity contribution in [3.05, 3.63) is 69.5 Å². The monoisotopic (exact) mass is 311 g/mol. The Morgan fingerprint density at radius 3 is 2.35 bits per heavy atom. The lowest BCUT2D eigenvalue weighted by molar-refractivity contribution is 0.0936. The highest BCUT2D eigenvalue weighted by Crippen LogP contribution is 2.19. The summed E-state index contributed by atoms with van der Waals surface area (Å²) in [5.74, 6) is -1.11. The molecule has 0 saturated heterocycles. The summed E-state index contributed by atoms with van der Waals surface area (Å²) in [6.45, 7) is 1.81. The number of rotatable bonds is 3. The molecular formula is C15H12Cl2FNO. The third kappa shape index (κ3) is 3.50. The molecule has 0 fully saturated rings. The minimum absolute atomic E-state index is 0.0710. The Bertz CT molecular complexity index is 628. The molecule has 0 aliphatic heterocycles. The molecule has 0 bridgehead atoms. The Labute approximate surface area is 126 Å². The van der Waals surface area contributed by atoms with E-state index in [-0.39, 0.29) is 11.6 Å². The number of carbonyl (C=O) groups excluding carboxylic acids is 1. The second kappa shape index (κ2) is 6.25. The summed E-state index contributed by atoms with van der Waals surface area (Å²) in [4.78, 5) is 12.0. The molecule has 0 aliphatic carbocycles.